The highest BCUT2D eigenvalue weighted by atomic mass is 19.4. The third-order valence-corrected chi connectivity index (χ3v) is 8.93. The summed E-state index contributed by atoms with van der Waals surface area (Å²) < 4.78 is 51.0. The van der Waals surface area contributed by atoms with Gasteiger partial charge < -0.3 is 19.5 Å². The second-order valence-electron chi connectivity index (χ2n) is 12.3. The Hall–Kier alpha value is -3.75. The number of carbonyl (C=O) groups excluding carboxylic acids is 1. The molecule has 0 bridgehead atoms. The van der Waals surface area contributed by atoms with Crippen molar-refractivity contribution in [2.24, 2.45) is 13.0 Å². The summed E-state index contributed by atoms with van der Waals surface area (Å²) in [6.07, 6.45) is -0.987. The number of nitrogens with one attached hydrogen (secondary N) is 1. The van der Waals surface area contributed by atoms with Gasteiger partial charge in [0, 0.05) is 55.6 Å². The van der Waals surface area contributed by atoms with Crippen LogP contribution >= 0.6 is 0 Å². The number of nitriles is 1. The number of alkyl halides is 3. The van der Waals surface area contributed by atoms with Crippen LogP contribution in [0.1, 0.15) is 65.1 Å². The van der Waals surface area contributed by atoms with E-state index in [0.717, 1.165) is 11.4 Å². The van der Waals surface area contributed by atoms with Gasteiger partial charge in [0.25, 0.3) is 5.91 Å². The largest absolute Gasteiger partial charge is 0.416 e. The Morgan fingerprint density at radius 3 is 2.67 bits per heavy atom. The molecule has 42 heavy (non-hydrogen) atoms. The SMILES string of the molecule is C[C@H]1CNC[C@@](C)(Cc2cc3c(c(C(F)(F)F)c2)CN(c2cccc(C4(Cc5nncn5C)CC(C#N)C4)c2)C3=O)O1. The van der Waals surface area contributed by atoms with Crippen LogP contribution in [0.5, 0.6) is 0 Å². The summed E-state index contributed by atoms with van der Waals surface area (Å²) in [7, 11) is 1.87. The maximum absolute atomic E-state index is 14.4. The van der Waals surface area contributed by atoms with Crippen LogP contribution in [0.3, 0.4) is 0 Å². The summed E-state index contributed by atoms with van der Waals surface area (Å²) in [6.45, 7) is 4.81. The maximum atomic E-state index is 14.4. The Kier molecular flexibility index (Phi) is 6.90. The molecule has 0 spiro atoms. The van der Waals surface area contributed by atoms with E-state index in [9.17, 15) is 23.2 Å². The smallest absolute Gasteiger partial charge is 0.369 e. The summed E-state index contributed by atoms with van der Waals surface area (Å²) in [5.74, 6) is 0.228. The second kappa shape index (κ2) is 10.2. The summed E-state index contributed by atoms with van der Waals surface area (Å²) in [6, 6.07) is 12.5. The van der Waals surface area contributed by atoms with E-state index in [2.05, 4.69) is 21.6 Å². The Morgan fingerprint density at radius 2 is 2.00 bits per heavy atom. The van der Waals surface area contributed by atoms with Crippen LogP contribution < -0.4 is 10.2 Å². The van der Waals surface area contributed by atoms with Gasteiger partial charge in [0.1, 0.15) is 12.2 Å². The molecular formula is C31H33F3N6O2. The molecule has 3 heterocycles. The molecule has 3 aliphatic rings. The van der Waals surface area contributed by atoms with Crippen molar-refractivity contribution in [3.05, 3.63) is 76.4 Å². The Morgan fingerprint density at radius 1 is 1.21 bits per heavy atom. The van der Waals surface area contributed by atoms with Crippen molar-refractivity contribution in [2.45, 2.75) is 69.4 Å². The number of nitrogens with zero attached hydrogens (tertiary/aromatic N) is 5. The highest BCUT2D eigenvalue weighted by Crippen LogP contribution is 2.50. The van der Waals surface area contributed by atoms with E-state index in [4.69, 9.17) is 4.74 Å². The highest BCUT2D eigenvalue weighted by Gasteiger charge is 2.47. The average Bonchev–Trinajstić information content (AvgIpc) is 3.46. The van der Waals surface area contributed by atoms with Gasteiger partial charge >= 0.3 is 6.18 Å². The monoisotopic (exact) mass is 578 g/mol. The number of fused-ring (bicyclic) bond motifs is 1. The zero-order chi connectivity index (χ0) is 29.9. The number of ether oxygens (including phenoxy) is 1. The van der Waals surface area contributed by atoms with Crippen LogP contribution in [-0.2, 0) is 42.8 Å². The number of aromatic nitrogens is 3. The molecule has 1 amide bonds. The van der Waals surface area contributed by atoms with E-state index in [1.54, 1.807) is 18.5 Å². The maximum Gasteiger partial charge on any atom is 0.416 e. The van der Waals surface area contributed by atoms with E-state index in [1.165, 1.54) is 11.0 Å². The first-order valence-corrected chi connectivity index (χ1v) is 14.2. The van der Waals surface area contributed by atoms with Gasteiger partial charge in [-0.1, -0.05) is 12.1 Å². The summed E-state index contributed by atoms with van der Waals surface area (Å²) in [4.78, 5) is 15.2. The molecule has 8 nitrogen and oxygen atoms in total. The van der Waals surface area contributed by atoms with Gasteiger partial charge in [-0.2, -0.15) is 18.4 Å². The minimum atomic E-state index is -4.61. The first kappa shape index (κ1) is 28.4. The van der Waals surface area contributed by atoms with Crippen LogP contribution in [0.2, 0.25) is 0 Å². The van der Waals surface area contributed by atoms with Gasteiger partial charge in [-0.05, 0) is 67.6 Å². The van der Waals surface area contributed by atoms with Crippen LogP contribution in [0, 0.1) is 17.2 Å². The van der Waals surface area contributed by atoms with E-state index in [0.29, 0.717) is 43.6 Å². The molecule has 1 aliphatic carbocycles. The van der Waals surface area contributed by atoms with Crippen molar-refractivity contribution >= 4 is 11.6 Å². The molecule has 6 rings (SSSR count). The molecule has 220 valence electrons. The predicted octanol–water partition coefficient (Wildman–Crippen LogP) is 4.72. The highest BCUT2D eigenvalue weighted by molar-refractivity contribution is 6.10. The number of benzene rings is 2. The lowest BCUT2D eigenvalue weighted by molar-refractivity contribution is -0.138. The lowest BCUT2D eigenvalue weighted by atomic mass is 9.57. The lowest BCUT2D eigenvalue weighted by Crippen LogP contribution is -2.52. The fourth-order valence-corrected chi connectivity index (χ4v) is 6.91. The molecule has 2 atom stereocenters. The van der Waals surface area contributed by atoms with E-state index in [-0.39, 0.29) is 41.5 Å². The Bertz CT molecular complexity index is 1570. The lowest BCUT2D eigenvalue weighted by Gasteiger charge is -2.45. The first-order chi connectivity index (χ1) is 19.9. The predicted molar refractivity (Wildman–Crippen MR) is 149 cm³/mol. The molecule has 1 saturated carbocycles. The van der Waals surface area contributed by atoms with E-state index < -0.39 is 23.2 Å². The normalized spacial score (nSPS) is 27.5. The van der Waals surface area contributed by atoms with Crippen LogP contribution in [0.25, 0.3) is 0 Å². The molecule has 1 saturated heterocycles. The Balaban J connectivity index is 1.33. The molecule has 1 aromatic heterocycles. The van der Waals surface area contributed by atoms with Crippen molar-refractivity contribution < 1.29 is 22.7 Å². The second-order valence-corrected chi connectivity index (χ2v) is 12.3. The molecule has 0 radical (unpaired) electrons. The van der Waals surface area contributed by atoms with Crippen molar-refractivity contribution in [3.63, 3.8) is 0 Å². The summed E-state index contributed by atoms with van der Waals surface area (Å²) in [5.41, 5.74) is 0.0989. The van der Waals surface area contributed by atoms with Crippen molar-refractivity contribution in [3.8, 4) is 6.07 Å². The molecule has 2 fully saturated rings. The third kappa shape index (κ3) is 5.07. The molecule has 2 aromatic carbocycles. The van der Waals surface area contributed by atoms with Crippen LogP contribution in [0.4, 0.5) is 18.9 Å². The number of hydrogen-bond donors (Lipinski definition) is 1. The number of aryl methyl sites for hydroxylation is 1. The standard InChI is InChI=1S/C31H33F3N6O2/c1-19-15-36-17-29(2,42-19)10-20-7-24-25(26(8-20)31(32,33)34)16-40(28(24)41)23-6-4-5-22(9-23)30(11-21(12-30)14-35)13-27-38-37-18-39(27)3/h4-9,18-19,21,36H,10-13,15-17H2,1-3H3/t19-,21?,29+,30?/m0/s1. The average molecular weight is 579 g/mol. The third-order valence-electron chi connectivity index (χ3n) is 8.93. The van der Waals surface area contributed by atoms with Gasteiger partial charge in [-0.25, -0.2) is 0 Å². The number of anilines is 1. The fraction of sp³-hybridized carbons (Fsp3) is 0.484. The van der Waals surface area contributed by atoms with Crippen molar-refractivity contribution in [1.82, 2.24) is 20.1 Å². The summed E-state index contributed by atoms with van der Waals surface area (Å²) in [5, 5.41) is 21.0. The molecule has 11 heteroatoms. The van der Waals surface area contributed by atoms with E-state index >= 15 is 0 Å². The van der Waals surface area contributed by atoms with Crippen molar-refractivity contribution in [2.75, 3.05) is 18.0 Å². The van der Waals surface area contributed by atoms with Gasteiger partial charge in [-0.3, -0.25) is 4.79 Å². The minimum Gasteiger partial charge on any atom is -0.369 e. The number of amides is 1. The van der Waals surface area contributed by atoms with Crippen LogP contribution in [-0.4, -0.2) is 45.5 Å². The summed E-state index contributed by atoms with van der Waals surface area (Å²) >= 11 is 0. The van der Waals surface area contributed by atoms with Crippen molar-refractivity contribution in [1.29, 1.82) is 5.26 Å². The van der Waals surface area contributed by atoms with Gasteiger partial charge in [-0.15, -0.1) is 10.2 Å². The van der Waals surface area contributed by atoms with Gasteiger partial charge in [0.15, 0.2) is 0 Å². The number of carbonyl (C=O) groups is 1. The molecule has 1 N–H and O–H groups in total. The Labute approximate surface area is 242 Å². The fourth-order valence-electron chi connectivity index (χ4n) is 6.91. The molecule has 3 aromatic rings. The first-order valence-electron chi connectivity index (χ1n) is 14.2. The molecule has 0 unspecified atom stereocenters. The molecule has 2 aliphatic heterocycles. The number of rotatable bonds is 6. The zero-order valence-electron chi connectivity index (χ0n) is 23.8. The zero-order valence-corrected chi connectivity index (χ0v) is 23.8. The van der Waals surface area contributed by atoms with Gasteiger partial charge in [0.2, 0.25) is 0 Å². The minimum absolute atomic E-state index is 0.00940. The van der Waals surface area contributed by atoms with E-state index in [1.807, 2.05) is 43.7 Å². The molecular weight excluding hydrogens is 545 g/mol. The number of hydrogen-bond acceptors (Lipinski definition) is 6. The number of morpholine rings is 1. The van der Waals surface area contributed by atoms with Gasteiger partial charge in [0.05, 0.1) is 29.9 Å². The number of halogens is 3. The quantitative estimate of drug-likeness (QED) is 0.455. The topological polar surface area (TPSA) is 96.1 Å². The van der Waals surface area contributed by atoms with Crippen LogP contribution in [0.15, 0.2) is 42.7 Å².